The summed E-state index contributed by atoms with van der Waals surface area (Å²) >= 11 is 0. The number of fused-ring (bicyclic) bond motifs is 1. The largest absolute Gasteiger partial charge is 0.294 e. The minimum absolute atomic E-state index is 0.0401. The van der Waals surface area contributed by atoms with E-state index in [9.17, 15) is 13.2 Å². The number of carbonyl (C=O) groups is 1. The minimum atomic E-state index is -3.21. The summed E-state index contributed by atoms with van der Waals surface area (Å²) in [4.78, 5) is 11.6. The second-order valence-corrected chi connectivity index (χ2v) is 6.46. The predicted octanol–water partition coefficient (Wildman–Crippen LogP) is 1.61. The van der Waals surface area contributed by atoms with Crippen LogP contribution >= 0.6 is 0 Å². The summed E-state index contributed by atoms with van der Waals surface area (Å²) in [5.41, 5.74) is 2.28. The van der Waals surface area contributed by atoms with Crippen molar-refractivity contribution in [3.8, 4) is 0 Å². The fraction of sp³-hybridized carbons (Fsp3) is 0.545. The molecule has 0 unspecified atom stereocenters. The van der Waals surface area contributed by atoms with E-state index in [0.717, 1.165) is 16.6 Å². The van der Waals surface area contributed by atoms with Gasteiger partial charge in [-0.2, -0.15) is 0 Å². The van der Waals surface area contributed by atoms with Crippen molar-refractivity contribution in [1.82, 2.24) is 0 Å². The van der Waals surface area contributed by atoms with Crippen LogP contribution in [0.25, 0.3) is 0 Å². The van der Waals surface area contributed by atoms with E-state index in [4.69, 9.17) is 0 Å². The smallest absolute Gasteiger partial charge is 0.175 e. The first kappa shape index (κ1) is 10.6. The molecule has 0 radical (unpaired) electrons. The van der Waals surface area contributed by atoms with Gasteiger partial charge in [-0.05, 0) is 32.8 Å². The lowest BCUT2D eigenvalue weighted by atomic mass is 9.82. The van der Waals surface area contributed by atoms with Crippen LogP contribution in [0.3, 0.4) is 0 Å². The molecule has 0 aromatic rings. The van der Waals surface area contributed by atoms with E-state index < -0.39 is 15.1 Å². The molecule has 0 aromatic carbocycles. The third-order valence-corrected chi connectivity index (χ3v) is 5.27. The highest BCUT2D eigenvalue weighted by atomic mass is 32.2. The van der Waals surface area contributed by atoms with Gasteiger partial charge in [0.15, 0.2) is 15.6 Å². The van der Waals surface area contributed by atoms with Crippen molar-refractivity contribution in [2.45, 2.75) is 31.9 Å². The van der Waals surface area contributed by atoms with Crippen LogP contribution < -0.4 is 0 Å². The molecule has 0 spiro atoms. The molecule has 1 heterocycles. The third-order valence-electron chi connectivity index (χ3n) is 3.42. The maximum Gasteiger partial charge on any atom is 0.175 e. The Labute approximate surface area is 89.8 Å². The van der Waals surface area contributed by atoms with Gasteiger partial charge in [-0.3, -0.25) is 4.79 Å². The molecule has 4 heteroatoms. The minimum Gasteiger partial charge on any atom is -0.294 e. The number of hydrogen-bond acceptors (Lipinski definition) is 3. The van der Waals surface area contributed by atoms with E-state index in [2.05, 4.69) is 0 Å². The van der Waals surface area contributed by atoms with Gasteiger partial charge in [0.05, 0.1) is 5.25 Å². The van der Waals surface area contributed by atoms with Crippen LogP contribution in [-0.4, -0.2) is 19.5 Å². The molecule has 0 N–H and O–H groups in total. The fourth-order valence-corrected chi connectivity index (χ4v) is 3.97. The Bertz CT molecular complexity index is 468. The summed E-state index contributed by atoms with van der Waals surface area (Å²) < 4.78 is 23.5. The van der Waals surface area contributed by atoms with Crippen molar-refractivity contribution in [1.29, 1.82) is 0 Å². The van der Waals surface area contributed by atoms with Crippen LogP contribution in [0, 0.1) is 5.92 Å². The van der Waals surface area contributed by atoms with E-state index in [-0.39, 0.29) is 11.7 Å². The Balaban J connectivity index is 2.47. The first-order valence-corrected chi connectivity index (χ1v) is 6.64. The van der Waals surface area contributed by atoms with Crippen LogP contribution in [0.4, 0.5) is 0 Å². The molecule has 15 heavy (non-hydrogen) atoms. The van der Waals surface area contributed by atoms with Crippen LogP contribution in [0.15, 0.2) is 22.6 Å². The van der Waals surface area contributed by atoms with Crippen LogP contribution in [0.1, 0.15) is 26.7 Å². The molecule has 0 fully saturated rings. The van der Waals surface area contributed by atoms with Crippen molar-refractivity contribution in [3.05, 3.63) is 22.6 Å². The first-order chi connectivity index (χ1) is 6.92. The zero-order valence-electron chi connectivity index (χ0n) is 8.86. The van der Waals surface area contributed by atoms with Crippen LogP contribution in [0.5, 0.6) is 0 Å². The Morgan fingerprint density at radius 2 is 1.80 bits per heavy atom. The Morgan fingerprint density at radius 1 is 1.20 bits per heavy atom. The second kappa shape index (κ2) is 3.30. The summed E-state index contributed by atoms with van der Waals surface area (Å²) in [6, 6.07) is 0. The molecule has 2 aliphatic rings. The van der Waals surface area contributed by atoms with Gasteiger partial charge in [0, 0.05) is 11.3 Å². The molecule has 0 bridgehead atoms. The molecular weight excluding hydrogens is 212 g/mol. The molecular formula is C11H14O3S. The zero-order valence-corrected chi connectivity index (χ0v) is 9.67. The van der Waals surface area contributed by atoms with E-state index >= 15 is 0 Å². The lowest BCUT2D eigenvalue weighted by Crippen LogP contribution is -2.39. The Morgan fingerprint density at radius 3 is 2.47 bits per heavy atom. The highest BCUT2D eigenvalue weighted by Gasteiger charge is 2.41. The van der Waals surface area contributed by atoms with Crippen molar-refractivity contribution in [2.24, 2.45) is 5.92 Å². The molecule has 1 aliphatic heterocycles. The highest BCUT2D eigenvalue weighted by Crippen LogP contribution is 2.36. The monoisotopic (exact) mass is 226 g/mol. The molecule has 2 rings (SSSR count). The summed E-state index contributed by atoms with van der Waals surface area (Å²) in [5.74, 6) is -0.384. The van der Waals surface area contributed by atoms with Gasteiger partial charge < -0.3 is 0 Å². The average molecular weight is 226 g/mol. The first-order valence-electron chi connectivity index (χ1n) is 5.03. The number of ketones is 1. The molecule has 0 amide bonds. The SMILES string of the molecule is CC1=C(C)C[C@@H]2[C@H](C1)C(=O)C=CS2(=O)=O. The molecule has 1 aliphatic carbocycles. The normalized spacial score (nSPS) is 34.1. The number of sulfone groups is 1. The van der Waals surface area contributed by atoms with E-state index in [0.29, 0.717) is 12.8 Å². The van der Waals surface area contributed by atoms with Crippen molar-refractivity contribution >= 4 is 15.6 Å². The number of carbonyl (C=O) groups excluding carboxylic acids is 1. The van der Waals surface area contributed by atoms with E-state index in [1.54, 1.807) is 0 Å². The summed E-state index contributed by atoms with van der Waals surface area (Å²) in [5, 5.41) is 0.559. The lowest BCUT2D eigenvalue weighted by Gasteiger charge is -2.32. The third kappa shape index (κ3) is 1.67. The van der Waals surface area contributed by atoms with Crippen molar-refractivity contribution < 1.29 is 13.2 Å². The van der Waals surface area contributed by atoms with Crippen LogP contribution in [-0.2, 0) is 14.6 Å². The molecule has 3 nitrogen and oxygen atoms in total. The fourth-order valence-electron chi connectivity index (χ4n) is 2.27. The standard InChI is InChI=1S/C11H14O3S/c1-7-5-9-10(12)3-4-15(13,14)11(9)6-8(7)2/h3-4,9,11H,5-6H2,1-2H3/t9-,11-/m1/s1. The summed E-state index contributed by atoms with van der Waals surface area (Å²) in [6.45, 7) is 3.92. The zero-order chi connectivity index (χ0) is 11.2. The van der Waals surface area contributed by atoms with Crippen LogP contribution in [0.2, 0.25) is 0 Å². The maximum atomic E-state index is 11.8. The van der Waals surface area contributed by atoms with Gasteiger partial charge in [-0.1, -0.05) is 11.1 Å². The molecule has 82 valence electrons. The van der Waals surface area contributed by atoms with Gasteiger partial charge in [0.1, 0.15) is 0 Å². The molecule has 2 atom stereocenters. The molecule has 0 saturated carbocycles. The predicted molar refractivity (Wildman–Crippen MR) is 58.0 cm³/mol. The summed E-state index contributed by atoms with van der Waals surface area (Å²) in [7, 11) is -3.21. The van der Waals surface area contributed by atoms with Crippen molar-refractivity contribution in [3.63, 3.8) is 0 Å². The summed E-state index contributed by atoms with van der Waals surface area (Å²) in [6.07, 6.45) is 2.32. The second-order valence-electron chi connectivity index (χ2n) is 4.41. The molecule has 0 aromatic heterocycles. The number of hydrogen-bond donors (Lipinski definition) is 0. The van der Waals surface area contributed by atoms with Gasteiger partial charge in [-0.15, -0.1) is 0 Å². The number of allylic oxidation sites excluding steroid dienone is 3. The van der Waals surface area contributed by atoms with Gasteiger partial charge in [0.25, 0.3) is 0 Å². The van der Waals surface area contributed by atoms with E-state index in [1.807, 2.05) is 13.8 Å². The van der Waals surface area contributed by atoms with Gasteiger partial charge in [-0.25, -0.2) is 8.42 Å². The van der Waals surface area contributed by atoms with Crippen molar-refractivity contribution in [2.75, 3.05) is 0 Å². The highest BCUT2D eigenvalue weighted by molar-refractivity contribution is 7.95. The Kier molecular flexibility index (Phi) is 2.34. The topological polar surface area (TPSA) is 51.2 Å². The van der Waals surface area contributed by atoms with Gasteiger partial charge >= 0.3 is 0 Å². The number of rotatable bonds is 0. The lowest BCUT2D eigenvalue weighted by molar-refractivity contribution is -0.118. The molecule has 0 saturated heterocycles. The average Bonchev–Trinajstić information content (AvgIpc) is 2.16. The maximum absolute atomic E-state index is 11.8. The quantitative estimate of drug-likeness (QED) is 0.590. The Hall–Kier alpha value is -0.900. The van der Waals surface area contributed by atoms with E-state index in [1.165, 1.54) is 6.08 Å². The van der Waals surface area contributed by atoms with Gasteiger partial charge in [0.2, 0.25) is 0 Å².